The van der Waals surface area contributed by atoms with Gasteiger partial charge in [-0.1, -0.05) is 170 Å². The molecule has 65 heavy (non-hydrogen) atoms. The highest BCUT2D eigenvalue weighted by atomic mass is 16.5. The second kappa shape index (κ2) is 13.7. The van der Waals surface area contributed by atoms with Gasteiger partial charge in [-0.05, 0) is 70.1 Å². The number of fused-ring (bicyclic) bond motifs is 15. The van der Waals surface area contributed by atoms with Crippen LogP contribution in [-0.4, -0.2) is 15.0 Å². The molecule has 3 aromatic heterocycles. The number of benzene rings is 9. The molecular weight excluding hydrogens is 795 g/mol. The third kappa shape index (κ3) is 5.18. The molecule has 2 aliphatic rings. The van der Waals surface area contributed by atoms with Gasteiger partial charge < -0.3 is 9.15 Å². The molecule has 9 aromatic carbocycles. The first kappa shape index (κ1) is 35.9. The zero-order chi connectivity index (χ0) is 42.6. The monoisotopic (exact) mass is 829 g/mol. The summed E-state index contributed by atoms with van der Waals surface area (Å²) < 4.78 is 13.3. The molecule has 0 radical (unpaired) electrons. The lowest BCUT2D eigenvalue weighted by molar-refractivity contribution is 0.437. The molecule has 5 nitrogen and oxygen atoms in total. The normalized spacial score (nSPS) is 13.2. The number of hydrogen-bond donors (Lipinski definition) is 0. The van der Waals surface area contributed by atoms with Crippen LogP contribution in [0.1, 0.15) is 22.3 Å². The van der Waals surface area contributed by atoms with Crippen molar-refractivity contribution in [2.24, 2.45) is 0 Å². The maximum Gasteiger partial charge on any atom is 0.160 e. The summed E-state index contributed by atoms with van der Waals surface area (Å²) in [5.41, 5.74) is 15.6. The standard InChI is InChI=1S/C60H35N3O2/c1-3-16-36(17-4-1)58-45-34-56-49(60(48-26-12-14-28-54(48)65-56)46-24-10-7-20-39(46)40-21-8-11-25-47(40)60)33-44(45)41-31-30-38(32-51(41)61-58)50-35-52(63-59(62-50)37-18-5-2-6-19-37)42-23-15-29-55-57(42)43-22-9-13-27-53(43)64-55/h1-35H. The number of ether oxygens (including phenoxy) is 1. The number of pyridine rings is 1. The molecule has 0 bridgehead atoms. The van der Waals surface area contributed by atoms with Crippen LogP contribution in [0.4, 0.5) is 0 Å². The van der Waals surface area contributed by atoms with E-state index in [4.69, 9.17) is 24.1 Å². The van der Waals surface area contributed by atoms with Crippen LogP contribution >= 0.6 is 0 Å². The second-order valence-corrected chi connectivity index (χ2v) is 17.0. The molecule has 0 atom stereocenters. The smallest absolute Gasteiger partial charge is 0.160 e. The fourth-order valence-electron chi connectivity index (χ4n) is 10.8. The summed E-state index contributed by atoms with van der Waals surface area (Å²) in [7, 11) is 0. The fourth-order valence-corrected chi connectivity index (χ4v) is 10.8. The number of hydrogen-bond acceptors (Lipinski definition) is 5. The summed E-state index contributed by atoms with van der Waals surface area (Å²) in [5, 5.41) is 5.27. The summed E-state index contributed by atoms with van der Waals surface area (Å²) in [6.45, 7) is 0. The third-order valence-corrected chi connectivity index (χ3v) is 13.5. The summed E-state index contributed by atoms with van der Waals surface area (Å²) in [6, 6.07) is 74.7. The van der Waals surface area contributed by atoms with Crippen molar-refractivity contribution in [2.45, 2.75) is 5.41 Å². The molecule has 5 heteroatoms. The van der Waals surface area contributed by atoms with Gasteiger partial charge in [-0.25, -0.2) is 15.0 Å². The second-order valence-electron chi connectivity index (χ2n) is 17.0. The number of para-hydroxylation sites is 2. The van der Waals surface area contributed by atoms with Crippen molar-refractivity contribution in [3.05, 3.63) is 235 Å². The van der Waals surface area contributed by atoms with Crippen LogP contribution in [0.15, 0.2) is 217 Å². The van der Waals surface area contributed by atoms with Gasteiger partial charge in [0.15, 0.2) is 5.82 Å². The Kier molecular flexibility index (Phi) is 7.54. The lowest BCUT2D eigenvalue weighted by Crippen LogP contribution is -2.32. The molecule has 12 aromatic rings. The zero-order valence-electron chi connectivity index (χ0n) is 34.9. The van der Waals surface area contributed by atoms with Gasteiger partial charge in [0.2, 0.25) is 0 Å². The SMILES string of the molecule is c1ccc(-c2nc(-c3ccc4c(c3)nc(-c3ccccc3)c3cc5c(cc34)C3(c4ccccc4O5)c4ccccc4-c4ccccc43)cc(-c3cccc4oc5ccccc5c34)n2)cc1. The van der Waals surface area contributed by atoms with Crippen molar-refractivity contribution in [1.82, 2.24) is 15.0 Å². The fraction of sp³-hybridized carbons (Fsp3) is 0.0167. The van der Waals surface area contributed by atoms with Gasteiger partial charge in [0, 0.05) is 54.9 Å². The molecule has 0 unspecified atom stereocenters. The van der Waals surface area contributed by atoms with E-state index in [0.717, 1.165) is 106 Å². The van der Waals surface area contributed by atoms with Gasteiger partial charge >= 0.3 is 0 Å². The lowest BCUT2D eigenvalue weighted by Gasteiger charge is -2.39. The lowest BCUT2D eigenvalue weighted by atomic mass is 9.65. The third-order valence-electron chi connectivity index (χ3n) is 13.5. The molecule has 0 fully saturated rings. The van der Waals surface area contributed by atoms with E-state index in [-0.39, 0.29) is 0 Å². The quantitative estimate of drug-likeness (QED) is 0.165. The minimum Gasteiger partial charge on any atom is -0.457 e. The highest BCUT2D eigenvalue weighted by Gasteiger charge is 2.51. The Morgan fingerprint density at radius 2 is 1.00 bits per heavy atom. The first-order valence-corrected chi connectivity index (χ1v) is 22.0. The highest BCUT2D eigenvalue weighted by Crippen LogP contribution is 2.62. The maximum atomic E-state index is 6.97. The van der Waals surface area contributed by atoms with Crippen molar-refractivity contribution < 1.29 is 9.15 Å². The molecule has 1 spiro atoms. The first-order valence-electron chi connectivity index (χ1n) is 22.0. The van der Waals surface area contributed by atoms with Gasteiger partial charge in [-0.15, -0.1) is 0 Å². The number of rotatable bonds is 4. The van der Waals surface area contributed by atoms with E-state index in [1.165, 1.54) is 22.3 Å². The van der Waals surface area contributed by atoms with Crippen molar-refractivity contribution in [3.8, 4) is 67.8 Å². The van der Waals surface area contributed by atoms with Crippen LogP contribution in [0, 0.1) is 0 Å². The van der Waals surface area contributed by atoms with Crippen LogP contribution < -0.4 is 4.74 Å². The molecule has 14 rings (SSSR count). The Morgan fingerprint density at radius 3 is 1.80 bits per heavy atom. The van der Waals surface area contributed by atoms with E-state index < -0.39 is 5.41 Å². The number of furan rings is 1. The van der Waals surface area contributed by atoms with E-state index in [0.29, 0.717) is 5.82 Å². The first-order chi connectivity index (χ1) is 32.2. The van der Waals surface area contributed by atoms with Crippen LogP contribution in [0.5, 0.6) is 11.5 Å². The Labute approximate surface area is 373 Å². The van der Waals surface area contributed by atoms with E-state index in [1.807, 2.05) is 42.5 Å². The largest absolute Gasteiger partial charge is 0.457 e. The van der Waals surface area contributed by atoms with Gasteiger partial charge in [-0.3, -0.25) is 0 Å². The van der Waals surface area contributed by atoms with E-state index >= 15 is 0 Å². The molecule has 4 heterocycles. The maximum absolute atomic E-state index is 6.97. The zero-order valence-corrected chi connectivity index (χ0v) is 34.9. The Balaban J connectivity index is 1.03. The predicted molar refractivity (Wildman–Crippen MR) is 261 cm³/mol. The van der Waals surface area contributed by atoms with Crippen LogP contribution in [0.2, 0.25) is 0 Å². The van der Waals surface area contributed by atoms with Crippen LogP contribution in [0.3, 0.4) is 0 Å². The van der Waals surface area contributed by atoms with E-state index in [1.54, 1.807) is 0 Å². The Hall–Kier alpha value is -8.67. The van der Waals surface area contributed by atoms with Gasteiger partial charge in [0.05, 0.1) is 28.0 Å². The van der Waals surface area contributed by atoms with Crippen molar-refractivity contribution in [2.75, 3.05) is 0 Å². The molecule has 302 valence electrons. The summed E-state index contributed by atoms with van der Waals surface area (Å²) in [4.78, 5) is 16.0. The van der Waals surface area contributed by atoms with Crippen LogP contribution in [0.25, 0.3) is 99.9 Å². The number of nitrogens with zero attached hydrogens (tertiary/aromatic N) is 3. The summed E-state index contributed by atoms with van der Waals surface area (Å²) in [5.74, 6) is 2.34. The Morgan fingerprint density at radius 1 is 0.354 bits per heavy atom. The van der Waals surface area contributed by atoms with Crippen molar-refractivity contribution >= 4 is 43.6 Å². The van der Waals surface area contributed by atoms with Crippen LogP contribution in [-0.2, 0) is 5.41 Å². The summed E-state index contributed by atoms with van der Waals surface area (Å²) >= 11 is 0. The predicted octanol–water partition coefficient (Wildman–Crippen LogP) is 15.2. The molecule has 0 N–H and O–H groups in total. The number of aromatic nitrogens is 3. The average Bonchev–Trinajstić information content (AvgIpc) is 3.90. The van der Waals surface area contributed by atoms with Gasteiger partial charge in [0.25, 0.3) is 0 Å². The molecule has 0 saturated carbocycles. The minimum atomic E-state index is -0.595. The van der Waals surface area contributed by atoms with E-state index in [2.05, 4.69) is 170 Å². The average molecular weight is 830 g/mol. The molecule has 1 aliphatic heterocycles. The van der Waals surface area contributed by atoms with E-state index in [9.17, 15) is 0 Å². The highest BCUT2D eigenvalue weighted by molar-refractivity contribution is 6.14. The molecule has 1 aliphatic carbocycles. The van der Waals surface area contributed by atoms with Gasteiger partial charge in [0.1, 0.15) is 22.7 Å². The van der Waals surface area contributed by atoms with Crippen molar-refractivity contribution in [1.29, 1.82) is 0 Å². The topological polar surface area (TPSA) is 61.0 Å². The molecular formula is C60H35N3O2. The molecule has 0 amide bonds. The minimum absolute atomic E-state index is 0.595. The van der Waals surface area contributed by atoms with Crippen molar-refractivity contribution in [3.63, 3.8) is 0 Å². The molecule has 0 saturated heterocycles. The Bertz CT molecular complexity index is 3890. The van der Waals surface area contributed by atoms with Gasteiger partial charge in [-0.2, -0.15) is 0 Å². The summed E-state index contributed by atoms with van der Waals surface area (Å²) in [6.07, 6.45) is 0.